The average Bonchev–Trinajstić information content (AvgIpc) is 2.55. The minimum absolute atomic E-state index is 0.00658. The zero-order chi connectivity index (χ0) is 16.4. The van der Waals surface area contributed by atoms with Gasteiger partial charge in [0.05, 0.1) is 11.7 Å². The molecular weight excluding hydrogens is 372 g/mol. The number of Topliss-reactive ketones (excluding diaryl/α,β-unsaturated/α-hetero) is 1. The van der Waals surface area contributed by atoms with E-state index in [-0.39, 0.29) is 11.8 Å². The van der Waals surface area contributed by atoms with Crippen LogP contribution in [0.5, 0.6) is 0 Å². The highest BCUT2D eigenvalue weighted by molar-refractivity contribution is 9.10. The van der Waals surface area contributed by atoms with E-state index in [4.69, 9.17) is 12.2 Å². The van der Waals surface area contributed by atoms with Crippen LogP contribution in [0.25, 0.3) is 5.70 Å². The Labute approximate surface area is 148 Å². The van der Waals surface area contributed by atoms with Crippen LogP contribution in [0.4, 0.5) is 0 Å². The molecule has 0 radical (unpaired) electrons. The summed E-state index contributed by atoms with van der Waals surface area (Å²) in [6, 6.07) is 17.3. The second-order valence-corrected chi connectivity index (χ2v) is 6.53. The molecule has 0 amide bonds. The first-order valence-corrected chi connectivity index (χ1v) is 8.40. The maximum atomic E-state index is 12.4. The molecule has 0 saturated carbocycles. The predicted molar refractivity (Wildman–Crippen MR) is 99.8 cm³/mol. The molecular formula is C18H15BrN2OS. The summed E-state index contributed by atoms with van der Waals surface area (Å²) >= 11 is 8.93. The van der Waals surface area contributed by atoms with Gasteiger partial charge in [0.15, 0.2) is 10.9 Å². The lowest BCUT2D eigenvalue weighted by Crippen LogP contribution is -2.44. The van der Waals surface area contributed by atoms with Gasteiger partial charge in [-0.15, -0.1) is 0 Å². The number of hydrogen-bond donors (Lipinski definition) is 2. The van der Waals surface area contributed by atoms with Crippen LogP contribution in [0.3, 0.4) is 0 Å². The number of carbonyl (C=O) groups excluding carboxylic acids is 1. The van der Waals surface area contributed by atoms with Crippen molar-refractivity contribution in [3.05, 3.63) is 75.8 Å². The maximum absolute atomic E-state index is 12.4. The highest BCUT2D eigenvalue weighted by Gasteiger charge is 2.30. The van der Waals surface area contributed by atoms with Crippen LogP contribution in [0, 0.1) is 0 Å². The number of ketones is 1. The molecule has 0 saturated heterocycles. The zero-order valence-electron chi connectivity index (χ0n) is 12.5. The molecule has 0 spiro atoms. The van der Waals surface area contributed by atoms with Crippen LogP contribution in [0.1, 0.15) is 24.1 Å². The topological polar surface area (TPSA) is 41.1 Å². The molecule has 23 heavy (non-hydrogen) atoms. The molecule has 0 unspecified atom stereocenters. The molecule has 0 fully saturated rings. The van der Waals surface area contributed by atoms with E-state index in [1.807, 2.05) is 54.6 Å². The average molecular weight is 387 g/mol. The first kappa shape index (κ1) is 15.9. The Morgan fingerprint density at radius 2 is 1.74 bits per heavy atom. The van der Waals surface area contributed by atoms with Gasteiger partial charge >= 0.3 is 0 Å². The van der Waals surface area contributed by atoms with Crippen molar-refractivity contribution in [2.24, 2.45) is 0 Å². The summed E-state index contributed by atoms with van der Waals surface area (Å²) in [6.45, 7) is 1.58. The van der Waals surface area contributed by atoms with Crippen LogP contribution in [-0.2, 0) is 4.79 Å². The van der Waals surface area contributed by atoms with E-state index < -0.39 is 0 Å². The van der Waals surface area contributed by atoms with Gasteiger partial charge in [0, 0.05) is 10.0 Å². The molecule has 1 aliphatic rings. The van der Waals surface area contributed by atoms with Crippen LogP contribution in [-0.4, -0.2) is 10.9 Å². The lowest BCUT2D eigenvalue weighted by molar-refractivity contribution is -0.113. The Bertz CT molecular complexity index is 802. The molecule has 5 heteroatoms. The lowest BCUT2D eigenvalue weighted by atomic mass is 9.90. The van der Waals surface area contributed by atoms with E-state index >= 15 is 0 Å². The molecule has 2 aromatic rings. The monoisotopic (exact) mass is 386 g/mol. The van der Waals surface area contributed by atoms with Crippen LogP contribution >= 0.6 is 28.1 Å². The quantitative estimate of drug-likeness (QED) is 0.783. The molecule has 1 heterocycles. The van der Waals surface area contributed by atoms with Crippen LogP contribution < -0.4 is 10.6 Å². The Morgan fingerprint density at radius 1 is 1.09 bits per heavy atom. The number of carbonyl (C=O) groups is 1. The normalized spacial score (nSPS) is 17.5. The van der Waals surface area contributed by atoms with E-state index in [0.29, 0.717) is 10.7 Å². The molecule has 2 N–H and O–H groups in total. The molecule has 3 nitrogen and oxygen atoms in total. The van der Waals surface area contributed by atoms with Crippen molar-refractivity contribution in [1.82, 2.24) is 10.6 Å². The van der Waals surface area contributed by atoms with Gasteiger partial charge in [-0.05, 0) is 36.3 Å². The molecule has 3 rings (SSSR count). The number of thiocarbonyl (C=S) groups is 1. The summed E-state index contributed by atoms with van der Waals surface area (Å²) < 4.78 is 0.938. The summed E-state index contributed by atoms with van der Waals surface area (Å²) in [5, 5.41) is 6.87. The second-order valence-electron chi connectivity index (χ2n) is 5.26. The molecule has 2 aromatic carbocycles. The summed E-state index contributed by atoms with van der Waals surface area (Å²) in [5.41, 5.74) is 3.37. The number of nitrogens with one attached hydrogen (secondary N) is 2. The fourth-order valence-electron chi connectivity index (χ4n) is 2.72. The Kier molecular flexibility index (Phi) is 4.59. The van der Waals surface area contributed by atoms with E-state index in [0.717, 1.165) is 21.3 Å². The fourth-order valence-corrected chi connectivity index (χ4v) is 3.45. The molecule has 0 bridgehead atoms. The Morgan fingerprint density at radius 3 is 2.39 bits per heavy atom. The standard InChI is InChI=1S/C18H15BrN2OS/c1-11(22)15-16(12-7-3-2-4-8-12)20-18(23)21-17(15)13-9-5-6-10-14(13)19/h2-10,17H,1H3,(H2,20,21,23)/t17-/m1/s1. The third kappa shape index (κ3) is 3.21. The van der Waals surface area contributed by atoms with Gasteiger partial charge in [-0.25, -0.2) is 0 Å². The summed E-state index contributed by atoms with van der Waals surface area (Å²) in [7, 11) is 0. The highest BCUT2D eigenvalue weighted by atomic mass is 79.9. The van der Waals surface area contributed by atoms with Crippen molar-refractivity contribution < 1.29 is 4.79 Å². The zero-order valence-corrected chi connectivity index (χ0v) is 14.9. The van der Waals surface area contributed by atoms with Crippen LogP contribution in [0.2, 0.25) is 0 Å². The van der Waals surface area contributed by atoms with Gasteiger partial charge in [0.2, 0.25) is 0 Å². The van der Waals surface area contributed by atoms with Crippen molar-refractivity contribution >= 4 is 44.7 Å². The van der Waals surface area contributed by atoms with Gasteiger partial charge in [-0.2, -0.15) is 0 Å². The maximum Gasteiger partial charge on any atom is 0.171 e. The van der Waals surface area contributed by atoms with Crippen molar-refractivity contribution in [3.8, 4) is 0 Å². The first-order chi connectivity index (χ1) is 11.1. The Balaban J connectivity index is 2.21. The fraction of sp³-hybridized carbons (Fsp3) is 0.111. The minimum Gasteiger partial charge on any atom is -0.351 e. The smallest absolute Gasteiger partial charge is 0.171 e. The van der Waals surface area contributed by atoms with Gasteiger partial charge in [-0.3, -0.25) is 4.79 Å². The molecule has 116 valence electrons. The minimum atomic E-state index is -0.285. The molecule has 1 atom stereocenters. The van der Waals surface area contributed by atoms with Gasteiger partial charge in [-0.1, -0.05) is 64.5 Å². The van der Waals surface area contributed by atoms with Gasteiger partial charge < -0.3 is 10.6 Å². The number of hydrogen-bond acceptors (Lipinski definition) is 2. The van der Waals surface area contributed by atoms with Crippen molar-refractivity contribution in [1.29, 1.82) is 0 Å². The van der Waals surface area contributed by atoms with E-state index in [9.17, 15) is 4.79 Å². The van der Waals surface area contributed by atoms with Crippen molar-refractivity contribution in [2.45, 2.75) is 13.0 Å². The van der Waals surface area contributed by atoms with Gasteiger partial charge in [0.1, 0.15) is 0 Å². The third-order valence-electron chi connectivity index (χ3n) is 3.73. The molecule has 0 aliphatic carbocycles. The highest BCUT2D eigenvalue weighted by Crippen LogP contribution is 2.34. The molecule has 0 aromatic heterocycles. The SMILES string of the molecule is CC(=O)C1=C(c2ccccc2)NC(=S)N[C@@H]1c1ccccc1Br. The summed E-state index contributed by atoms with van der Waals surface area (Å²) in [4.78, 5) is 12.4. The Hall–Kier alpha value is -1.98. The van der Waals surface area contributed by atoms with E-state index in [1.165, 1.54) is 0 Å². The number of rotatable bonds is 3. The summed E-state index contributed by atoms with van der Waals surface area (Å²) in [5.74, 6) is 0.00658. The largest absolute Gasteiger partial charge is 0.351 e. The van der Waals surface area contributed by atoms with E-state index in [1.54, 1.807) is 6.92 Å². The second kappa shape index (κ2) is 6.64. The lowest BCUT2D eigenvalue weighted by Gasteiger charge is -2.31. The first-order valence-electron chi connectivity index (χ1n) is 7.20. The number of benzene rings is 2. The van der Waals surface area contributed by atoms with Crippen molar-refractivity contribution in [2.75, 3.05) is 0 Å². The third-order valence-corrected chi connectivity index (χ3v) is 4.67. The van der Waals surface area contributed by atoms with E-state index in [2.05, 4.69) is 26.6 Å². The van der Waals surface area contributed by atoms with Crippen LogP contribution in [0.15, 0.2) is 64.6 Å². The van der Waals surface area contributed by atoms with Gasteiger partial charge in [0.25, 0.3) is 0 Å². The molecule has 1 aliphatic heterocycles. The number of halogens is 1. The summed E-state index contributed by atoms with van der Waals surface area (Å²) in [6.07, 6.45) is 0. The van der Waals surface area contributed by atoms with Crippen molar-refractivity contribution in [3.63, 3.8) is 0 Å². The predicted octanol–water partition coefficient (Wildman–Crippen LogP) is 3.97.